The van der Waals surface area contributed by atoms with Crippen LogP contribution >= 0.6 is 11.6 Å². The number of nitro groups is 1. The van der Waals surface area contributed by atoms with Gasteiger partial charge >= 0.3 is 0 Å². The molecule has 2 aliphatic rings. The number of nitrogens with zero attached hydrogens (tertiary/aromatic N) is 2. The maximum absolute atomic E-state index is 10.9. The number of allylic oxidation sites excluding steroid dienone is 2. The van der Waals surface area contributed by atoms with Gasteiger partial charge in [0.2, 0.25) is 0 Å². The molecule has 4 aromatic rings. The van der Waals surface area contributed by atoms with E-state index in [2.05, 4.69) is 58.9 Å². The summed E-state index contributed by atoms with van der Waals surface area (Å²) >= 11 is 6.26. The molecule has 4 aromatic carbocycles. The predicted octanol–water partition coefficient (Wildman–Crippen LogP) is 8.40. The smallest absolute Gasteiger partial charge is 0.269 e. The number of hydrogen-bond acceptors (Lipinski definition) is 5. The Kier molecular flexibility index (Phi) is 6.86. The molecule has 3 atom stereocenters. The van der Waals surface area contributed by atoms with Gasteiger partial charge in [0, 0.05) is 40.5 Å². The van der Waals surface area contributed by atoms with Crippen molar-refractivity contribution in [2.24, 2.45) is 10.9 Å². The fraction of sp³-hybridized carbons (Fsp3) is 0.156. The Balaban J connectivity index is 1.17. The van der Waals surface area contributed by atoms with Gasteiger partial charge in [-0.2, -0.15) is 0 Å². The van der Waals surface area contributed by atoms with Gasteiger partial charge in [-0.25, -0.2) is 0 Å². The van der Waals surface area contributed by atoms with E-state index in [0.717, 1.165) is 23.2 Å². The van der Waals surface area contributed by atoms with E-state index in [-0.39, 0.29) is 18.3 Å². The van der Waals surface area contributed by atoms with Crippen LogP contribution in [-0.4, -0.2) is 11.1 Å². The first-order chi connectivity index (χ1) is 19.0. The number of para-hydroxylation sites is 1. The summed E-state index contributed by atoms with van der Waals surface area (Å²) in [6, 6.07) is 28.9. The molecule has 0 unspecified atom stereocenters. The molecule has 1 aliphatic carbocycles. The van der Waals surface area contributed by atoms with Gasteiger partial charge in [-0.1, -0.05) is 54.1 Å². The Bertz CT molecular complexity index is 1560. The van der Waals surface area contributed by atoms with Crippen molar-refractivity contribution >= 4 is 34.9 Å². The van der Waals surface area contributed by atoms with Crippen LogP contribution in [0.5, 0.6) is 5.75 Å². The van der Waals surface area contributed by atoms with E-state index in [1.807, 2.05) is 12.1 Å². The molecule has 39 heavy (non-hydrogen) atoms. The third-order valence-electron chi connectivity index (χ3n) is 7.39. The van der Waals surface area contributed by atoms with Crippen LogP contribution in [0.1, 0.15) is 40.6 Å². The Morgan fingerprint density at radius 3 is 2.62 bits per heavy atom. The lowest BCUT2D eigenvalue weighted by atomic mass is 9.77. The van der Waals surface area contributed by atoms with Crippen molar-refractivity contribution in [2.45, 2.75) is 25.0 Å². The van der Waals surface area contributed by atoms with Crippen molar-refractivity contribution < 1.29 is 9.66 Å². The molecule has 6 rings (SSSR count). The Morgan fingerprint density at radius 1 is 1.03 bits per heavy atom. The maximum atomic E-state index is 10.9. The largest absolute Gasteiger partial charge is 0.488 e. The quantitative estimate of drug-likeness (QED) is 0.111. The predicted molar refractivity (Wildman–Crippen MR) is 155 cm³/mol. The van der Waals surface area contributed by atoms with Crippen LogP contribution in [0.2, 0.25) is 5.02 Å². The number of nitro benzene ring substituents is 1. The fourth-order valence-electron chi connectivity index (χ4n) is 5.41. The molecule has 194 valence electrons. The second-order valence-corrected chi connectivity index (χ2v) is 10.2. The summed E-state index contributed by atoms with van der Waals surface area (Å²) in [4.78, 5) is 15.1. The van der Waals surface area contributed by atoms with Crippen molar-refractivity contribution in [1.29, 1.82) is 0 Å². The lowest BCUT2D eigenvalue weighted by Crippen LogP contribution is -2.28. The van der Waals surface area contributed by atoms with E-state index >= 15 is 0 Å². The lowest BCUT2D eigenvalue weighted by molar-refractivity contribution is -0.384. The van der Waals surface area contributed by atoms with E-state index in [1.54, 1.807) is 36.5 Å². The van der Waals surface area contributed by atoms with Crippen LogP contribution in [0.15, 0.2) is 108 Å². The van der Waals surface area contributed by atoms with Crippen LogP contribution < -0.4 is 10.1 Å². The summed E-state index contributed by atoms with van der Waals surface area (Å²) in [5, 5.41) is 15.2. The minimum absolute atomic E-state index is 0.0490. The topological polar surface area (TPSA) is 76.8 Å². The lowest BCUT2D eigenvalue weighted by Gasteiger charge is -2.37. The average Bonchev–Trinajstić information content (AvgIpc) is 3.46. The van der Waals surface area contributed by atoms with E-state index in [1.165, 1.54) is 28.9 Å². The SMILES string of the molecule is O=[N+]([O-])c1ccc(COc2ccc(Cl)cc2C=Nc2ccc([C@@H]3Nc4ccccc4[C@@H]4C=CC[C@@H]43)cc2)cc1. The molecular weight excluding hydrogens is 510 g/mol. The molecule has 0 fully saturated rings. The number of ether oxygens (including phenoxy) is 1. The highest BCUT2D eigenvalue weighted by Crippen LogP contribution is 2.49. The summed E-state index contributed by atoms with van der Waals surface area (Å²) in [6.07, 6.45) is 7.46. The van der Waals surface area contributed by atoms with E-state index in [0.29, 0.717) is 22.6 Å². The summed E-state index contributed by atoms with van der Waals surface area (Å²) in [7, 11) is 0. The molecule has 0 amide bonds. The van der Waals surface area contributed by atoms with Gasteiger partial charge in [-0.3, -0.25) is 15.1 Å². The highest BCUT2D eigenvalue weighted by atomic mass is 35.5. The number of non-ortho nitro benzene ring substituents is 1. The number of aliphatic imine (C=N–C) groups is 1. The van der Waals surface area contributed by atoms with Crippen molar-refractivity contribution in [3.8, 4) is 5.75 Å². The number of halogens is 1. The zero-order valence-electron chi connectivity index (χ0n) is 21.0. The molecule has 0 aromatic heterocycles. The molecule has 0 spiro atoms. The third-order valence-corrected chi connectivity index (χ3v) is 7.63. The zero-order valence-corrected chi connectivity index (χ0v) is 21.8. The Hall–Kier alpha value is -4.42. The number of hydrogen-bond donors (Lipinski definition) is 1. The standard InChI is InChI=1S/C32H26ClN3O3/c33-24-12-17-31(39-20-21-8-15-26(16-9-21)36(37)38)23(18-24)19-34-25-13-10-22(11-14-25)32-29-6-3-5-27(29)28-4-1-2-7-30(28)35-32/h1-5,7-19,27,29,32,35H,6,20H2/t27-,29-,32-/m0/s1. The monoisotopic (exact) mass is 535 g/mol. The molecular formula is C32H26ClN3O3. The third kappa shape index (κ3) is 5.29. The molecule has 1 aliphatic heterocycles. The summed E-state index contributed by atoms with van der Waals surface area (Å²) < 4.78 is 6.00. The molecule has 1 N–H and O–H groups in total. The van der Waals surface area contributed by atoms with Crippen LogP contribution in [0.25, 0.3) is 0 Å². The van der Waals surface area contributed by atoms with Gasteiger partial charge in [-0.15, -0.1) is 0 Å². The van der Waals surface area contributed by atoms with Crippen LogP contribution in [-0.2, 0) is 6.61 Å². The normalized spacial score (nSPS) is 19.4. The number of anilines is 1. The first-order valence-electron chi connectivity index (χ1n) is 12.9. The number of fused-ring (bicyclic) bond motifs is 3. The highest BCUT2D eigenvalue weighted by Gasteiger charge is 2.37. The van der Waals surface area contributed by atoms with Crippen molar-refractivity contribution in [3.63, 3.8) is 0 Å². The van der Waals surface area contributed by atoms with Crippen LogP contribution in [0, 0.1) is 16.0 Å². The molecule has 0 radical (unpaired) electrons. The maximum Gasteiger partial charge on any atom is 0.269 e. The molecule has 0 saturated carbocycles. The van der Waals surface area contributed by atoms with Crippen LogP contribution in [0.4, 0.5) is 17.1 Å². The second kappa shape index (κ2) is 10.8. The number of rotatable bonds is 7. The molecule has 7 heteroatoms. The Labute approximate surface area is 231 Å². The highest BCUT2D eigenvalue weighted by molar-refractivity contribution is 6.30. The average molecular weight is 536 g/mol. The van der Waals surface area contributed by atoms with Gasteiger partial charge in [0.25, 0.3) is 5.69 Å². The van der Waals surface area contributed by atoms with Crippen molar-refractivity contribution in [2.75, 3.05) is 5.32 Å². The van der Waals surface area contributed by atoms with Gasteiger partial charge < -0.3 is 10.1 Å². The van der Waals surface area contributed by atoms with Gasteiger partial charge in [0.05, 0.1) is 16.7 Å². The molecule has 1 heterocycles. The van der Waals surface area contributed by atoms with Gasteiger partial charge in [0.15, 0.2) is 0 Å². The Morgan fingerprint density at radius 2 is 1.82 bits per heavy atom. The first-order valence-corrected chi connectivity index (χ1v) is 13.2. The molecule has 6 nitrogen and oxygen atoms in total. The first kappa shape index (κ1) is 24.9. The number of nitrogens with one attached hydrogen (secondary N) is 1. The fourth-order valence-corrected chi connectivity index (χ4v) is 5.59. The minimum Gasteiger partial charge on any atom is -0.488 e. The molecule has 0 saturated heterocycles. The van der Waals surface area contributed by atoms with Crippen LogP contribution in [0.3, 0.4) is 0 Å². The van der Waals surface area contributed by atoms with Crippen molar-refractivity contribution in [3.05, 3.63) is 141 Å². The summed E-state index contributed by atoms with van der Waals surface area (Å²) in [5.41, 5.74) is 6.29. The summed E-state index contributed by atoms with van der Waals surface area (Å²) in [5.74, 6) is 1.57. The van der Waals surface area contributed by atoms with Gasteiger partial charge in [-0.05, 0) is 77.6 Å². The zero-order chi connectivity index (χ0) is 26.8. The van der Waals surface area contributed by atoms with E-state index in [4.69, 9.17) is 16.3 Å². The second-order valence-electron chi connectivity index (χ2n) is 9.81. The number of benzene rings is 4. The van der Waals surface area contributed by atoms with Gasteiger partial charge in [0.1, 0.15) is 12.4 Å². The molecule has 0 bridgehead atoms. The van der Waals surface area contributed by atoms with E-state index < -0.39 is 4.92 Å². The van der Waals surface area contributed by atoms with E-state index in [9.17, 15) is 10.1 Å². The van der Waals surface area contributed by atoms with Crippen molar-refractivity contribution in [1.82, 2.24) is 0 Å². The summed E-state index contributed by atoms with van der Waals surface area (Å²) in [6.45, 7) is 0.268. The minimum atomic E-state index is -0.418.